The number of nitrogens with one attached hydrogen (secondary N) is 1. The minimum Gasteiger partial charge on any atom is -0.408 e. The monoisotopic (exact) mass is 328 g/mol. The third-order valence-electron chi connectivity index (χ3n) is 4.79. The van der Waals surface area contributed by atoms with Gasteiger partial charge in [-0.25, -0.2) is 0 Å². The van der Waals surface area contributed by atoms with Gasteiger partial charge in [0, 0.05) is 19.5 Å². The largest absolute Gasteiger partial charge is 0.408 e. The van der Waals surface area contributed by atoms with Gasteiger partial charge in [0.2, 0.25) is 11.8 Å². The molecule has 0 radical (unpaired) electrons. The second kappa shape index (κ2) is 7.03. The van der Waals surface area contributed by atoms with Crippen molar-refractivity contribution in [2.24, 2.45) is 0 Å². The van der Waals surface area contributed by atoms with Crippen LogP contribution in [-0.4, -0.2) is 33.6 Å². The summed E-state index contributed by atoms with van der Waals surface area (Å²) in [5.41, 5.74) is 1.16. The predicted molar refractivity (Wildman–Crippen MR) is 91.6 cm³/mol. The maximum Gasteiger partial charge on any atom is 0.315 e. The molecule has 0 saturated carbocycles. The van der Waals surface area contributed by atoms with Crippen LogP contribution in [-0.2, 0) is 4.79 Å². The van der Waals surface area contributed by atoms with Gasteiger partial charge in [-0.1, -0.05) is 35.4 Å². The Labute approximate surface area is 142 Å². The molecule has 1 N–H and O–H groups in total. The number of hydrogen-bond donors (Lipinski definition) is 1. The van der Waals surface area contributed by atoms with E-state index in [0.29, 0.717) is 11.9 Å². The summed E-state index contributed by atoms with van der Waals surface area (Å²) in [5, 5.41) is 11.6. The zero-order valence-electron chi connectivity index (χ0n) is 14.4. The summed E-state index contributed by atoms with van der Waals surface area (Å²) in [6.45, 7) is 6.52. The van der Waals surface area contributed by atoms with Crippen LogP contribution in [0.25, 0.3) is 0 Å². The smallest absolute Gasteiger partial charge is 0.315 e. The number of carbonyl (C=O) groups excluding carboxylic acids is 1. The molecule has 6 heteroatoms. The van der Waals surface area contributed by atoms with Crippen LogP contribution in [0.2, 0.25) is 0 Å². The molecular weight excluding hydrogens is 304 g/mol. The molecule has 2 heterocycles. The van der Waals surface area contributed by atoms with Crippen LogP contribution in [0.15, 0.2) is 34.7 Å². The quantitative estimate of drug-likeness (QED) is 0.932. The van der Waals surface area contributed by atoms with Gasteiger partial charge in [-0.3, -0.25) is 4.79 Å². The van der Waals surface area contributed by atoms with Crippen LogP contribution in [0.1, 0.15) is 57.0 Å². The van der Waals surface area contributed by atoms with Gasteiger partial charge in [0.15, 0.2) is 0 Å². The molecule has 0 bridgehead atoms. The van der Waals surface area contributed by atoms with Gasteiger partial charge in [-0.2, -0.15) is 0 Å². The lowest BCUT2D eigenvalue weighted by Crippen LogP contribution is -2.44. The molecule has 1 aromatic heterocycles. The Hall–Kier alpha value is -2.37. The molecule has 1 aromatic carbocycles. The summed E-state index contributed by atoms with van der Waals surface area (Å²) >= 11 is 0. The van der Waals surface area contributed by atoms with E-state index in [9.17, 15) is 4.79 Å². The van der Waals surface area contributed by atoms with E-state index in [2.05, 4.69) is 41.5 Å². The number of aromatic nitrogens is 2. The van der Waals surface area contributed by atoms with Crippen molar-refractivity contribution in [1.29, 1.82) is 0 Å². The summed E-state index contributed by atoms with van der Waals surface area (Å²) < 4.78 is 5.84. The van der Waals surface area contributed by atoms with E-state index in [0.717, 1.165) is 24.9 Å². The van der Waals surface area contributed by atoms with Crippen molar-refractivity contribution in [3.8, 4) is 0 Å². The number of carbonyl (C=O) groups is 1. The minimum absolute atomic E-state index is 0.0797. The Morgan fingerprint density at radius 1 is 1.33 bits per heavy atom. The number of anilines is 1. The van der Waals surface area contributed by atoms with Crippen molar-refractivity contribution in [2.45, 2.75) is 51.6 Å². The Bertz CT molecular complexity index is 685. The van der Waals surface area contributed by atoms with Gasteiger partial charge in [-0.05, 0) is 32.3 Å². The van der Waals surface area contributed by atoms with Gasteiger partial charge in [0.25, 0.3) is 0 Å². The summed E-state index contributed by atoms with van der Waals surface area (Å²) in [4.78, 5) is 13.6. The highest BCUT2D eigenvalue weighted by molar-refractivity contribution is 5.73. The number of piperidine rings is 1. The van der Waals surface area contributed by atoms with Gasteiger partial charge >= 0.3 is 6.01 Å². The average Bonchev–Trinajstić information content (AvgIpc) is 3.03. The maximum atomic E-state index is 11.7. The van der Waals surface area contributed by atoms with E-state index >= 15 is 0 Å². The van der Waals surface area contributed by atoms with E-state index in [1.807, 2.05) is 23.1 Å². The van der Waals surface area contributed by atoms with E-state index < -0.39 is 0 Å². The molecule has 24 heavy (non-hydrogen) atoms. The van der Waals surface area contributed by atoms with Gasteiger partial charge in [-0.15, -0.1) is 5.10 Å². The molecule has 3 atom stereocenters. The lowest BCUT2D eigenvalue weighted by atomic mass is 9.90. The topological polar surface area (TPSA) is 71.3 Å². The van der Waals surface area contributed by atoms with Crippen LogP contribution in [0, 0.1) is 0 Å². The lowest BCUT2D eigenvalue weighted by Gasteiger charge is -2.37. The van der Waals surface area contributed by atoms with Crippen LogP contribution in [0.5, 0.6) is 0 Å². The van der Waals surface area contributed by atoms with Crippen LogP contribution >= 0.6 is 0 Å². The third-order valence-corrected chi connectivity index (χ3v) is 4.79. The second-order valence-corrected chi connectivity index (χ2v) is 6.42. The summed E-state index contributed by atoms with van der Waals surface area (Å²) in [6.07, 6.45) is 1.92. The van der Waals surface area contributed by atoms with Crippen molar-refractivity contribution in [2.75, 3.05) is 11.9 Å². The van der Waals surface area contributed by atoms with Crippen molar-refractivity contribution < 1.29 is 9.21 Å². The number of amides is 1. The normalized spacial score (nSPS) is 22.2. The van der Waals surface area contributed by atoms with E-state index in [1.165, 1.54) is 0 Å². The first kappa shape index (κ1) is 16.5. The highest BCUT2D eigenvalue weighted by atomic mass is 16.4. The molecule has 1 fully saturated rings. The van der Waals surface area contributed by atoms with Crippen LogP contribution < -0.4 is 5.32 Å². The molecule has 1 unspecified atom stereocenters. The summed E-state index contributed by atoms with van der Waals surface area (Å²) in [6, 6.07) is 10.7. The Morgan fingerprint density at radius 2 is 2.08 bits per heavy atom. The molecule has 1 saturated heterocycles. The van der Waals surface area contributed by atoms with E-state index in [4.69, 9.17) is 4.42 Å². The van der Waals surface area contributed by atoms with Crippen LogP contribution in [0.4, 0.5) is 6.01 Å². The Kier molecular flexibility index (Phi) is 4.83. The molecule has 0 aliphatic carbocycles. The second-order valence-electron chi connectivity index (χ2n) is 6.42. The Balaban J connectivity index is 1.70. The third kappa shape index (κ3) is 3.42. The first-order valence-corrected chi connectivity index (χ1v) is 8.48. The fraction of sp³-hybridized carbons (Fsp3) is 0.500. The average molecular weight is 328 g/mol. The molecule has 2 aromatic rings. The maximum absolute atomic E-state index is 11.7. The van der Waals surface area contributed by atoms with Crippen molar-refractivity contribution in [3.63, 3.8) is 0 Å². The summed E-state index contributed by atoms with van der Waals surface area (Å²) in [5.74, 6) is 0.803. The van der Waals surface area contributed by atoms with Crippen molar-refractivity contribution in [3.05, 3.63) is 41.8 Å². The first-order valence-electron chi connectivity index (χ1n) is 8.48. The molecular formula is C18H24N4O2. The van der Waals surface area contributed by atoms with E-state index in [1.54, 1.807) is 6.92 Å². The first-order chi connectivity index (χ1) is 11.6. The highest BCUT2D eigenvalue weighted by Crippen LogP contribution is 2.32. The van der Waals surface area contributed by atoms with Crippen LogP contribution in [0.3, 0.4) is 0 Å². The predicted octanol–water partition coefficient (Wildman–Crippen LogP) is 3.36. The number of rotatable bonds is 4. The fourth-order valence-corrected chi connectivity index (χ4v) is 3.37. The van der Waals surface area contributed by atoms with E-state index in [-0.39, 0.29) is 23.9 Å². The molecule has 1 amide bonds. The zero-order chi connectivity index (χ0) is 17.1. The number of benzene rings is 1. The molecule has 0 spiro atoms. The lowest BCUT2D eigenvalue weighted by molar-refractivity contribution is -0.132. The minimum atomic E-state index is 0.0797. The molecule has 128 valence electrons. The standard InChI is InChI=1S/C18H24N4O2/c1-12(15-8-5-4-6-9-15)19-18-21-20-17(24-18)16-10-7-11-22(13(16)2)14(3)23/h4-6,8-9,12-13,16H,7,10-11H2,1-3H3,(H,19,21)/t12?,13-,16-/m1/s1. The zero-order valence-corrected chi connectivity index (χ0v) is 14.4. The van der Waals surface area contributed by atoms with Crippen molar-refractivity contribution >= 4 is 11.9 Å². The fourth-order valence-electron chi connectivity index (χ4n) is 3.37. The Morgan fingerprint density at radius 3 is 2.79 bits per heavy atom. The number of hydrogen-bond acceptors (Lipinski definition) is 5. The molecule has 3 rings (SSSR count). The summed E-state index contributed by atoms with van der Waals surface area (Å²) in [7, 11) is 0. The van der Waals surface area contributed by atoms with Crippen molar-refractivity contribution in [1.82, 2.24) is 15.1 Å². The molecule has 1 aliphatic heterocycles. The van der Waals surface area contributed by atoms with Gasteiger partial charge < -0.3 is 14.6 Å². The van der Waals surface area contributed by atoms with Gasteiger partial charge in [0.1, 0.15) is 0 Å². The van der Waals surface area contributed by atoms with Gasteiger partial charge in [0.05, 0.1) is 12.0 Å². The molecule has 1 aliphatic rings. The SMILES string of the molecule is CC(=O)N1CCC[C@@H](c2nnc(NC(C)c3ccccc3)o2)[C@H]1C. The molecule has 6 nitrogen and oxygen atoms in total. The highest BCUT2D eigenvalue weighted by Gasteiger charge is 2.34. The number of nitrogens with zero attached hydrogens (tertiary/aromatic N) is 3. The number of likely N-dealkylation sites (tertiary alicyclic amines) is 1.